The smallest absolute Gasteiger partial charge is 0.417 e. The zero-order valence-electron chi connectivity index (χ0n) is 17.5. The first-order chi connectivity index (χ1) is 14.4. The van der Waals surface area contributed by atoms with Crippen LogP contribution in [0.2, 0.25) is 0 Å². The molecule has 2 rings (SSSR count). The van der Waals surface area contributed by atoms with Gasteiger partial charge in [0.1, 0.15) is 11.4 Å². The van der Waals surface area contributed by atoms with Gasteiger partial charge in [0.25, 0.3) is 5.91 Å². The maximum absolute atomic E-state index is 12.5. The number of carbonyl (C=O) groups is 2. The third kappa shape index (κ3) is 8.53. The molecule has 0 saturated carbocycles. The molecule has 10 heteroatoms. The molecule has 7 nitrogen and oxygen atoms in total. The molecule has 31 heavy (non-hydrogen) atoms. The van der Waals surface area contributed by atoms with E-state index in [0.29, 0.717) is 36.6 Å². The lowest BCUT2D eigenvalue weighted by molar-refractivity contribution is -0.137. The monoisotopic (exact) mass is 438 g/mol. The average molecular weight is 438 g/mol. The van der Waals surface area contributed by atoms with E-state index in [0.717, 1.165) is 12.3 Å². The van der Waals surface area contributed by atoms with Gasteiger partial charge in [-0.15, -0.1) is 0 Å². The second-order valence-corrected chi connectivity index (χ2v) is 7.67. The molecule has 0 unspecified atom stereocenters. The molecule has 0 aliphatic heterocycles. The van der Waals surface area contributed by atoms with E-state index in [1.54, 1.807) is 45.0 Å². The van der Waals surface area contributed by atoms with E-state index in [9.17, 15) is 22.8 Å². The van der Waals surface area contributed by atoms with Crippen molar-refractivity contribution in [3.63, 3.8) is 0 Å². The number of amides is 2. The van der Waals surface area contributed by atoms with Gasteiger partial charge in [0.2, 0.25) is 0 Å². The van der Waals surface area contributed by atoms with Gasteiger partial charge in [-0.25, -0.2) is 9.78 Å². The van der Waals surface area contributed by atoms with Gasteiger partial charge in [0.05, 0.1) is 5.56 Å². The van der Waals surface area contributed by atoms with Crippen LogP contribution in [0.15, 0.2) is 42.6 Å². The van der Waals surface area contributed by atoms with Crippen LogP contribution in [0.5, 0.6) is 0 Å². The number of rotatable bonds is 7. The first kappa shape index (κ1) is 24.0. The molecule has 0 fully saturated rings. The van der Waals surface area contributed by atoms with Gasteiger partial charge >= 0.3 is 12.3 Å². The van der Waals surface area contributed by atoms with Crippen molar-refractivity contribution in [1.82, 2.24) is 10.3 Å². The normalized spacial score (nSPS) is 11.5. The van der Waals surface area contributed by atoms with Gasteiger partial charge in [0, 0.05) is 30.5 Å². The predicted octanol–water partition coefficient (Wildman–Crippen LogP) is 4.68. The quantitative estimate of drug-likeness (QED) is 0.546. The highest BCUT2D eigenvalue weighted by Gasteiger charge is 2.30. The van der Waals surface area contributed by atoms with Crippen molar-refractivity contribution in [2.45, 2.75) is 39.0 Å². The number of carbonyl (C=O) groups excluding carboxylic acids is 2. The number of pyridine rings is 1. The van der Waals surface area contributed by atoms with Gasteiger partial charge in [-0.1, -0.05) is 0 Å². The van der Waals surface area contributed by atoms with Crippen molar-refractivity contribution >= 4 is 23.5 Å². The molecule has 168 valence electrons. The van der Waals surface area contributed by atoms with Crippen molar-refractivity contribution in [1.29, 1.82) is 0 Å². The van der Waals surface area contributed by atoms with Gasteiger partial charge in [0.15, 0.2) is 0 Å². The number of nitrogens with zero attached hydrogens (tertiary/aromatic N) is 1. The third-order valence-corrected chi connectivity index (χ3v) is 3.83. The predicted molar refractivity (Wildman–Crippen MR) is 111 cm³/mol. The van der Waals surface area contributed by atoms with Crippen LogP contribution in [0.25, 0.3) is 0 Å². The molecule has 0 bridgehead atoms. The Morgan fingerprint density at radius 2 is 1.68 bits per heavy atom. The number of benzene rings is 1. The Balaban J connectivity index is 1.71. The Bertz CT molecular complexity index is 877. The lowest BCUT2D eigenvalue weighted by atomic mass is 10.2. The minimum atomic E-state index is -4.42. The number of anilines is 2. The molecule has 0 spiro atoms. The van der Waals surface area contributed by atoms with Crippen LogP contribution in [0.1, 0.15) is 43.1 Å². The standard InChI is InChI=1S/C21H25F3N4O3/c1-20(2,3)31-19(30)28-16-8-5-14(6-9-16)18(29)26-12-4-11-25-17-10-7-15(13-27-17)21(22,23)24/h5-10,13H,4,11-12H2,1-3H3,(H,25,27)(H,26,29)(H,28,30). The van der Waals surface area contributed by atoms with Gasteiger partial charge in [-0.2, -0.15) is 13.2 Å². The number of hydrogen-bond donors (Lipinski definition) is 3. The van der Waals surface area contributed by atoms with Gasteiger partial charge in [-0.3, -0.25) is 10.1 Å². The molecule has 2 amide bonds. The summed E-state index contributed by atoms with van der Waals surface area (Å²) in [7, 11) is 0. The Hall–Kier alpha value is -3.30. The fourth-order valence-electron chi connectivity index (χ4n) is 2.40. The zero-order valence-corrected chi connectivity index (χ0v) is 17.5. The molecule has 0 saturated heterocycles. The SMILES string of the molecule is CC(C)(C)OC(=O)Nc1ccc(C(=O)NCCCNc2ccc(C(F)(F)F)cn2)cc1. The lowest BCUT2D eigenvalue weighted by Gasteiger charge is -2.19. The average Bonchev–Trinajstić information content (AvgIpc) is 2.66. The number of hydrogen-bond acceptors (Lipinski definition) is 5. The van der Waals surface area contributed by atoms with Crippen molar-refractivity contribution < 1.29 is 27.5 Å². The molecule has 2 aromatic rings. The van der Waals surface area contributed by atoms with E-state index in [1.165, 1.54) is 6.07 Å². The van der Waals surface area contributed by atoms with Crippen LogP contribution in [-0.2, 0) is 10.9 Å². The molecule has 0 atom stereocenters. The van der Waals surface area contributed by atoms with E-state index in [1.807, 2.05) is 0 Å². The number of ether oxygens (including phenoxy) is 1. The zero-order chi connectivity index (χ0) is 23.1. The Labute approximate surface area is 178 Å². The highest BCUT2D eigenvalue weighted by molar-refractivity contribution is 5.95. The van der Waals surface area contributed by atoms with E-state index < -0.39 is 23.4 Å². The fourth-order valence-corrected chi connectivity index (χ4v) is 2.40. The fraction of sp³-hybridized carbons (Fsp3) is 0.381. The van der Waals surface area contributed by atoms with Crippen LogP contribution in [0, 0.1) is 0 Å². The minimum absolute atomic E-state index is 0.281. The van der Waals surface area contributed by atoms with Gasteiger partial charge < -0.3 is 15.4 Å². The van der Waals surface area contributed by atoms with E-state index in [2.05, 4.69) is 20.9 Å². The molecule has 0 radical (unpaired) electrons. The van der Waals surface area contributed by atoms with Crippen molar-refractivity contribution in [3.05, 3.63) is 53.7 Å². The van der Waals surface area contributed by atoms with E-state index in [-0.39, 0.29) is 5.91 Å². The molecule has 0 aliphatic rings. The van der Waals surface area contributed by atoms with E-state index in [4.69, 9.17) is 4.74 Å². The number of nitrogens with one attached hydrogen (secondary N) is 3. The highest BCUT2D eigenvalue weighted by Crippen LogP contribution is 2.28. The second kappa shape index (κ2) is 10.1. The first-order valence-corrected chi connectivity index (χ1v) is 9.59. The summed E-state index contributed by atoms with van der Waals surface area (Å²) in [5, 5.41) is 8.22. The minimum Gasteiger partial charge on any atom is -0.444 e. The maximum Gasteiger partial charge on any atom is 0.417 e. The van der Waals surface area contributed by atoms with Crippen LogP contribution < -0.4 is 16.0 Å². The summed E-state index contributed by atoms with van der Waals surface area (Å²) in [6, 6.07) is 8.55. The second-order valence-electron chi connectivity index (χ2n) is 7.67. The Morgan fingerprint density at radius 1 is 1.00 bits per heavy atom. The highest BCUT2D eigenvalue weighted by atomic mass is 19.4. The Kier molecular flexibility index (Phi) is 7.84. The third-order valence-electron chi connectivity index (χ3n) is 3.83. The summed E-state index contributed by atoms with van der Waals surface area (Å²) < 4.78 is 42.7. The maximum atomic E-state index is 12.5. The van der Waals surface area contributed by atoms with Crippen LogP contribution in [0.3, 0.4) is 0 Å². The summed E-state index contributed by atoms with van der Waals surface area (Å²) in [5.41, 5.74) is -0.495. The number of halogens is 3. The summed E-state index contributed by atoms with van der Waals surface area (Å²) in [5.74, 6) is 0.0453. The first-order valence-electron chi connectivity index (χ1n) is 9.59. The van der Waals surface area contributed by atoms with Crippen LogP contribution in [-0.4, -0.2) is 35.7 Å². The number of alkyl halides is 3. The largest absolute Gasteiger partial charge is 0.444 e. The molecule has 3 N–H and O–H groups in total. The van der Waals surface area contributed by atoms with Gasteiger partial charge in [-0.05, 0) is 63.6 Å². The lowest BCUT2D eigenvalue weighted by Crippen LogP contribution is -2.27. The van der Waals surface area contributed by atoms with E-state index >= 15 is 0 Å². The molecule has 0 aliphatic carbocycles. The molecule has 1 aromatic carbocycles. The summed E-state index contributed by atoms with van der Waals surface area (Å²) in [6.07, 6.45) is -3.68. The van der Waals surface area contributed by atoms with Crippen molar-refractivity contribution in [3.8, 4) is 0 Å². The van der Waals surface area contributed by atoms with Crippen molar-refractivity contribution in [2.24, 2.45) is 0 Å². The number of aromatic nitrogens is 1. The topological polar surface area (TPSA) is 92.3 Å². The molecular formula is C21H25F3N4O3. The molecule has 1 heterocycles. The van der Waals surface area contributed by atoms with Crippen molar-refractivity contribution in [2.75, 3.05) is 23.7 Å². The molecular weight excluding hydrogens is 413 g/mol. The Morgan fingerprint density at radius 3 is 2.23 bits per heavy atom. The van der Waals surface area contributed by atoms with Crippen LogP contribution >= 0.6 is 0 Å². The summed E-state index contributed by atoms with van der Waals surface area (Å²) >= 11 is 0. The van der Waals surface area contributed by atoms with Crippen LogP contribution in [0.4, 0.5) is 29.5 Å². The molecule has 1 aromatic heterocycles. The summed E-state index contributed by atoms with van der Waals surface area (Å²) in [4.78, 5) is 27.6. The summed E-state index contributed by atoms with van der Waals surface area (Å²) in [6.45, 7) is 6.07.